The smallest absolute Gasteiger partial charge is 0.228 e. The van der Waals surface area contributed by atoms with Gasteiger partial charge in [0.05, 0.1) is 27.8 Å². The van der Waals surface area contributed by atoms with E-state index in [2.05, 4.69) is 21.7 Å². The van der Waals surface area contributed by atoms with Gasteiger partial charge in [-0.2, -0.15) is 0 Å². The van der Waals surface area contributed by atoms with Gasteiger partial charge >= 0.3 is 0 Å². The molecule has 0 unspecified atom stereocenters. The van der Waals surface area contributed by atoms with E-state index in [1.807, 2.05) is 12.1 Å². The Bertz CT molecular complexity index is 813. The highest BCUT2D eigenvalue weighted by Gasteiger charge is 2.16. The largest absolute Gasteiger partial charge is 0.323 e. The van der Waals surface area contributed by atoms with Crippen molar-refractivity contribution in [3.05, 3.63) is 62.9 Å². The molecule has 4 nitrogen and oxygen atoms in total. The predicted molar refractivity (Wildman–Crippen MR) is 104 cm³/mol. The van der Waals surface area contributed by atoms with Gasteiger partial charge < -0.3 is 10.6 Å². The molecule has 1 aliphatic rings. The van der Waals surface area contributed by atoms with Crippen LogP contribution in [0.1, 0.15) is 17.7 Å². The zero-order chi connectivity index (χ0) is 17.8. The molecule has 0 atom stereocenters. The van der Waals surface area contributed by atoms with E-state index < -0.39 is 0 Å². The number of nitrogens with zero attached hydrogens (tertiary/aromatic N) is 1. The first-order valence-electron chi connectivity index (χ1n) is 7.83. The minimum Gasteiger partial charge on any atom is -0.323 e. The quantitative estimate of drug-likeness (QED) is 0.794. The minimum absolute atomic E-state index is 0.184. The van der Waals surface area contributed by atoms with E-state index in [1.54, 1.807) is 18.3 Å². The van der Waals surface area contributed by atoms with Crippen LogP contribution in [0.5, 0.6) is 0 Å². The first-order valence-corrected chi connectivity index (χ1v) is 8.96. The zero-order valence-corrected chi connectivity index (χ0v) is 15.5. The molecule has 0 aliphatic carbocycles. The summed E-state index contributed by atoms with van der Waals surface area (Å²) in [7, 11) is 0. The lowest BCUT2D eigenvalue weighted by Gasteiger charge is -2.16. The maximum Gasteiger partial charge on any atom is 0.228 e. The van der Waals surface area contributed by atoms with Crippen LogP contribution in [-0.4, -0.2) is 24.0 Å². The third kappa shape index (κ3) is 4.53. The fraction of sp³-hybridized carbons (Fsp3) is 0.222. The van der Waals surface area contributed by atoms with Crippen molar-refractivity contribution in [1.29, 1.82) is 0 Å². The molecule has 0 bridgehead atoms. The molecule has 0 radical (unpaired) electrons. The van der Waals surface area contributed by atoms with Gasteiger partial charge in [0.1, 0.15) is 0 Å². The van der Waals surface area contributed by atoms with Gasteiger partial charge in [0.15, 0.2) is 0 Å². The minimum atomic E-state index is -0.213. The lowest BCUT2D eigenvalue weighted by Crippen LogP contribution is -2.21. The summed E-state index contributed by atoms with van der Waals surface area (Å²) in [6.45, 7) is 1.72. The Morgan fingerprint density at radius 2 is 2.00 bits per heavy atom. The number of pyridine rings is 1. The average molecular weight is 397 g/mol. The Hall–Kier alpha value is -1.59. The van der Waals surface area contributed by atoms with Gasteiger partial charge in [-0.15, -0.1) is 0 Å². The lowest BCUT2D eigenvalue weighted by molar-refractivity contribution is -0.115. The third-order valence-corrected chi connectivity index (χ3v) is 4.70. The molecular weight excluding hydrogens is 381 g/mol. The Morgan fingerprint density at radius 1 is 1.24 bits per heavy atom. The normalized spacial score (nSPS) is 14.1. The summed E-state index contributed by atoms with van der Waals surface area (Å²) in [4.78, 5) is 16.9. The number of carbonyl (C=O) groups excluding carboxylic acids is 1. The molecule has 7 heteroatoms. The van der Waals surface area contributed by atoms with Gasteiger partial charge in [0.2, 0.25) is 5.91 Å². The summed E-state index contributed by atoms with van der Waals surface area (Å²) in [5.74, 6) is -0.213. The number of amides is 1. The van der Waals surface area contributed by atoms with Crippen LogP contribution in [0.25, 0.3) is 5.57 Å². The SMILES string of the molecule is O=C(Cc1cccnc1C1=CCNCC1)Nc1c(Cl)cc(Cl)cc1Cl. The summed E-state index contributed by atoms with van der Waals surface area (Å²) < 4.78 is 0. The first kappa shape index (κ1) is 18.2. The van der Waals surface area contributed by atoms with E-state index in [9.17, 15) is 4.79 Å². The predicted octanol–water partition coefficient (Wildman–Crippen LogP) is 4.60. The molecule has 2 N–H and O–H groups in total. The highest BCUT2D eigenvalue weighted by molar-refractivity contribution is 6.42. The molecule has 2 heterocycles. The number of rotatable bonds is 4. The Kier molecular flexibility index (Phi) is 5.97. The number of nitrogens with one attached hydrogen (secondary N) is 2. The summed E-state index contributed by atoms with van der Waals surface area (Å²) in [5, 5.41) is 7.06. The van der Waals surface area contributed by atoms with E-state index in [1.165, 1.54) is 0 Å². The molecule has 0 saturated heterocycles. The number of carbonyl (C=O) groups is 1. The van der Waals surface area contributed by atoms with Crippen LogP contribution in [0.4, 0.5) is 5.69 Å². The molecular formula is C18H16Cl3N3O. The molecule has 25 heavy (non-hydrogen) atoms. The second-order valence-corrected chi connectivity index (χ2v) is 6.91. The van der Waals surface area contributed by atoms with Crippen LogP contribution in [0.3, 0.4) is 0 Å². The Labute approximate surface area is 161 Å². The number of benzene rings is 1. The topological polar surface area (TPSA) is 54.0 Å². The van der Waals surface area contributed by atoms with Crippen LogP contribution in [0.2, 0.25) is 15.1 Å². The zero-order valence-electron chi connectivity index (χ0n) is 13.3. The Morgan fingerprint density at radius 3 is 2.68 bits per heavy atom. The van der Waals surface area contributed by atoms with Crippen molar-refractivity contribution in [3.63, 3.8) is 0 Å². The van der Waals surface area contributed by atoms with Gasteiger partial charge in [-0.3, -0.25) is 9.78 Å². The van der Waals surface area contributed by atoms with E-state index in [4.69, 9.17) is 34.8 Å². The Balaban J connectivity index is 1.79. The fourth-order valence-electron chi connectivity index (χ4n) is 2.73. The number of halogens is 3. The average Bonchev–Trinajstić information content (AvgIpc) is 2.59. The molecule has 0 fully saturated rings. The molecule has 130 valence electrons. The second kappa shape index (κ2) is 8.19. The van der Waals surface area contributed by atoms with Crippen molar-refractivity contribution >= 4 is 52.0 Å². The highest BCUT2D eigenvalue weighted by atomic mass is 35.5. The molecule has 2 aromatic rings. The van der Waals surface area contributed by atoms with E-state index in [-0.39, 0.29) is 12.3 Å². The summed E-state index contributed by atoms with van der Waals surface area (Å²) in [6, 6.07) is 6.83. The van der Waals surface area contributed by atoms with Crippen molar-refractivity contribution < 1.29 is 4.79 Å². The van der Waals surface area contributed by atoms with Crippen molar-refractivity contribution in [1.82, 2.24) is 10.3 Å². The van der Waals surface area contributed by atoms with Crippen molar-refractivity contribution in [2.75, 3.05) is 18.4 Å². The highest BCUT2D eigenvalue weighted by Crippen LogP contribution is 2.33. The van der Waals surface area contributed by atoms with E-state index in [0.29, 0.717) is 20.8 Å². The molecule has 1 aliphatic heterocycles. The van der Waals surface area contributed by atoms with Crippen LogP contribution >= 0.6 is 34.8 Å². The van der Waals surface area contributed by atoms with E-state index in [0.717, 1.165) is 36.3 Å². The van der Waals surface area contributed by atoms with Crippen LogP contribution in [-0.2, 0) is 11.2 Å². The summed E-state index contributed by atoms with van der Waals surface area (Å²) in [5.41, 5.74) is 3.26. The summed E-state index contributed by atoms with van der Waals surface area (Å²) >= 11 is 18.1. The molecule has 3 rings (SSSR count). The number of hydrogen-bond donors (Lipinski definition) is 2. The second-order valence-electron chi connectivity index (χ2n) is 5.66. The van der Waals surface area contributed by atoms with Crippen molar-refractivity contribution in [3.8, 4) is 0 Å². The number of anilines is 1. The number of aromatic nitrogens is 1. The van der Waals surface area contributed by atoms with Gasteiger partial charge in [0, 0.05) is 17.8 Å². The maximum absolute atomic E-state index is 12.5. The summed E-state index contributed by atoms with van der Waals surface area (Å²) in [6.07, 6.45) is 4.93. The van der Waals surface area contributed by atoms with Crippen LogP contribution in [0, 0.1) is 0 Å². The van der Waals surface area contributed by atoms with Crippen molar-refractivity contribution in [2.45, 2.75) is 12.8 Å². The maximum atomic E-state index is 12.5. The molecule has 1 aromatic carbocycles. The lowest BCUT2D eigenvalue weighted by atomic mass is 9.99. The van der Waals surface area contributed by atoms with E-state index >= 15 is 0 Å². The standard InChI is InChI=1S/C18H16Cl3N3O/c19-13-9-14(20)18(15(21)10-13)24-16(25)8-12-2-1-5-23-17(12)11-3-6-22-7-4-11/h1-3,5,9-10,22H,4,6-8H2,(H,24,25). The monoisotopic (exact) mass is 395 g/mol. The van der Waals surface area contributed by atoms with Gasteiger partial charge in [-0.05, 0) is 42.3 Å². The third-order valence-electron chi connectivity index (χ3n) is 3.88. The van der Waals surface area contributed by atoms with Gasteiger partial charge in [-0.1, -0.05) is 46.9 Å². The molecule has 0 spiro atoms. The van der Waals surface area contributed by atoms with Crippen molar-refractivity contribution in [2.24, 2.45) is 0 Å². The molecule has 0 saturated carbocycles. The van der Waals surface area contributed by atoms with Crippen LogP contribution < -0.4 is 10.6 Å². The van der Waals surface area contributed by atoms with Gasteiger partial charge in [-0.25, -0.2) is 0 Å². The number of hydrogen-bond acceptors (Lipinski definition) is 3. The van der Waals surface area contributed by atoms with Crippen LogP contribution in [0.15, 0.2) is 36.5 Å². The van der Waals surface area contributed by atoms with Gasteiger partial charge in [0.25, 0.3) is 0 Å². The molecule has 1 aromatic heterocycles. The first-order chi connectivity index (χ1) is 12.0. The fourth-order valence-corrected chi connectivity index (χ4v) is 3.64. The molecule has 1 amide bonds.